The first-order valence-corrected chi connectivity index (χ1v) is 5.02. The average Bonchev–Trinajstić information content (AvgIpc) is 2.25. The third-order valence-electron chi connectivity index (χ3n) is 2.32. The summed E-state index contributed by atoms with van der Waals surface area (Å²) < 4.78 is 18.4. The van der Waals surface area contributed by atoms with Crippen LogP contribution in [0.4, 0.5) is 4.39 Å². The lowest BCUT2D eigenvalue weighted by molar-refractivity contribution is 0.332. The van der Waals surface area contributed by atoms with E-state index in [4.69, 9.17) is 10.6 Å². The molecular formula is C11H18FN3O. The maximum Gasteiger partial charge on any atom is 0.123 e. The van der Waals surface area contributed by atoms with Gasteiger partial charge in [-0.2, -0.15) is 0 Å². The van der Waals surface area contributed by atoms with Crippen LogP contribution in [0.5, 0.6) is 5.75 Å². The summed E-state index contributed by atoms with van der Waals surface area (Å²) in [6.07, 6.45) is 0. The number of rotatable bonds is 5. The summed E-state index contributed by atoms with van der Waals surface area (Å²) >= 11 is 0. The van der Waals surface area contributed by atoms with E-state index in [2.05, 4.69) is 5.43 Å². The second-order valence-electron chi connectivity index (χ2n) is 3.87. The number of hydrogen-bond donors (Lipinski definition) is 2. The molecular weight excluding hydrogens is 209 g/mol. The van der Waals surface area contributed by atoms with Gasteiger partial charge in [0, 0.05) is 12.1 Å². The number of benzene rings is 1. The lowest BCUT2D eigenvalue weighted by atomic mass is 10.1. The van der Waals surface area contributed by atoms with Gasteiger partial charge in [0.05, 0.1) is 13.2 Å². The number of hydrazine groups is 1. The Morgan fingerprint density at radius 3 is 2.69 bits per heavy atom. The van der Waals surface area contributed by atoms with Gasteiger partial charge in [-0.3, -0.25) is 11.3 Å². The van der Waals surface area contributed by atoms with Crippen molar-refractivity contribution in [1.82, 2.24) is 10.3 Å². The van der Waals surface area contributed by atoms with Crippen LogP contribution >= 0.6 is 0 Å². The molecule has 0 heterocycles. The third-order valence-corrected chi connectivity index (χ3v) is 2.32. The molecule has 1 aromatic carbocycles. The Labute approximate surface area is 95.2 Å². The minimum absolute atomic E-state index is 0.166. The number of hydrogen-bond acceptors (Lipinski definition) is 4. The van der Waals surface area contributed by atoms with Gasteiger partial charge >= 0.3 is 0 Å². The van der Waals surface area contributed by atoms with Gasteiger partial charge in [-0.15, -0.1) is 0 Å². The van der Waals surface area contributed by atoms with Crippen molar-refractivity contribution in [1.29, 1.82) is 0 Å². The summed E-state index contributed by atoms with van der Waals surface area (Å²) in [7, 11) is 5.41. The van der Waals surface area contributed by atoms with Crippen molar-refractivity contribution in [3.63, 3.8) is 0 Å². The number of halogens is 1. The molecule has 0 aliphatic carbocycles. The van der Waals surface area contributed by atoms with Crippen molar-refractivity contribution in [3.05, 3.63) is 29.6 Å². The van der Waals surface area contributed by atoms with Gasteiger partial charge in [0.1, 0.15) is 11.6 Å². The van der Waals surface area contributed by atoms with Crippen LogP contribution in [-0.2, 0) is 0 Å². The van der Waals surface area contributed by atoms with Gasteiger partial charge in [-0.05, 0) is 32.3 Å². The van der Waals surface area contributed by atoms with E-state index in [0.717, 1.165) is 5.56 Å². The fraction of sp³-hybridized carbons (Fsp3) is 0.455. The Kier molecular flexibility index (Phi) is 4.67. The van der Waals surface area contributed by atoms with E-state index in [1.54, 1.807) is 13.2 Å². The third kappa shape index (κ3) is 3.16. The van der Waals surface area contributed by atoms with Crippen molar-refractivity contribution in [2.24, 2.45) is 5.84 Å². The molecule has 0 bridgehead atoms. The molecule has 0 aromatic heterocycles. The van der Waals surface area contributed by atoms with Gasteiger partial charge in [-0.1, -0.05) is 0 Å². The number of nitrogens with two attached hydrogens (primary N) is 1. The van der Waals surface area contributed by atoms with Crippen LogP contribution in [0.3, 0.4) is 0 Å². The maximum atomic E-state index is 13.2. The molecule has 0 spiro atoms. The average molecular weight is 227 g/mol. The highest BCUT2D eigenvalue weighted by Crippen LogP contribution is 2.25. The van der Waals surface area contributed by atoms with Crippen molar-refractivity contribution in [3.8, 4) is 5.75 Å². The molecule has 5 heteroatoms. The number of ether oxygens (including phenoxy) is 1. The van der Waals surface area contributed by atoms with Crippen LogP contribution in [0, 0.1) is 5.82 Å². The van der Waals surface area contributed by atoms with Gasteiger partial charge in [0.2, 0.25) is 0 Å². The topological polar surface area (TPSA) is 50.5 Å². The summed E-state index contributed by atoms with van der Waals surface area (Å²) in [5, 5.41) is 0. The molecule has 0 saturated heterocycles. The standard InChI is InChI=1S/C11H18FN3O/c1-15(2)7-10(14-13)9-6-8(12)4-5-11(9)16-3/h4-6,10,14H,7,13H2,1-3H3. The molecule has 3 N–H and O–H groups in total. The van der Waals surface area contributed by atoms with Crippen LogP contribution in [0.1, 0.15) is 11.6 Å². The molecule has 1 atom stereocenters. The van der Waals surface area contributed by atoms with E-state index >= 15 is 0 Å². The molecule has 90 valence electrons. The first kappa shape index (κ1) is 12.9. The monoisotopic (exact) mass is 227 g/mol. The zero-order valence-corrected chi connectivity index (χ0v) is 9.83. The van der Waals surface area contributed by atoms with Gasteiger partial charge in [-0.25, -0.2) is 4.39 Å². The number of nitrogens with zero attached hydrogens (tertiary/aromatic N) is 1. The quantitative estimate of drug-likeness (QED) is 0.579. The summed E-state index contributed by atoms with van der Waals surface area (Å²) in [6, 6.07) is 4.24. The van der Waals surface area contributed by atoms with Crippen molar-refractivity contribution >= 4 is 0 Å². The molecule has 0 aliphatic heterocycles. The molecule has 1 rings (SSSR count). The summed E-state index contributed by atoms with van der Waals surface area (Å²) in [5.41, 5.74) is 3.38. The summed E-state index contributed by atoms with van der Waals surface area (Å²) in [5.74, 6) is 5.81. The van der Waals surface area contributed by atoms with Crippen molar-refractivity contribution in [2.75, 3.05) is 27.7 Å². The molecule has 1 aromatic rings. The first-order valence-electron chi connectivity index (χ1n) is 5.02. The zero-order chi connectivity index (χ0) is 12.1. The Morgan fingerprint density at radius 1 is 1.50 bits per heavy atom. The predicted octanol–water partition coefficient (Wildman–Crippen LogP) is 0.900. The van der Waals surface area contributed by atoms with Gasteiger partial charge in [0.15, 0.2) is 0 Å². The molecule has 0 aliphatic rings. The highest BCUT2D eigenvalue weighted by atomic mass is 19.1. The number of nitrogens with one attached hydrogen (secondary N) is 1. The van der Waals surface area contributed by atoms with E-state index in [0.29, 0.717) is 12.3 Å². The van der Waals surface area contributed by atoms with Crippen LogP contribution < -0.4 is 16.0 Å². The second kappa shape index (κ2) is 5.79. The SMILES string of the molecule is COc1ccc(F)cc1C(CN(C)C)NN. The van der Waals surface area contributed by atoms with Crippen LogP contribution in [-0.4, -0.2) is 32.6 Å². The maximum absolute atomic E-state index is 13.2. The van der Waals surface area contributed by atoms with E-state index < -0.39 is 0 Å². The Balaban J connectivity index is 3.02. The highest BCUT2D eigenvalue weighted by molar-refractivity contribution is 5.36. The first-order chi connectivity index (χ1) is 7.58. The Bertz CT molecular complexity index is 344. The molecule has 0 fully saturated rings. The lowest BCUT2D eigenvalue weighted by Gasteiger charge is -2.22. The molecule has 0 radical (unpaired) electrons. The lowest BCUT2D eigenvalue weighted by Crippen LogP contribution is -2.35. The van der Waals surface area contributed by atoms with E-state index in [9.17, 15) is 4.39 Å². The van der Waals surface area contributed by atoms with Crippen molar-refractivity contribution < 1.29 is 9.13 Å². The molecule has 0 amide bonds. The van der Waals surface area contributed by atoms with E-state index in [1.807, 2.05) is 19.0 Å². The van der Waals surface area contributed by atoms with Gasteiger partial charge < -0.3 is 9.64 Å². The summed E-state index contributed by atoms with van der Waals surface area (Å²) in [4.78, 5) is 1.97. The number of likely N-dealkylation sites (N-methyl/N-ethyl adjacent to an activating group) is 1. The van der Waals surface area contributed by atoms with E-state index in [1.165, 1.54) is 12.1 Å². The zero-order valence-electron chi connectivity index (χ0n) is 9.83. The fourth-order valence-corrected chi connectivity index (χ4v) is 1.58. The highest BCUT2D eigenvalue weighted by Gasteiger charge is 2.16. The van der Waals surface area contributed by atoms with Crippen LogP contribution in [0.15, 0.2) is 18.2 Å². The van der Waals surface area contributed by atoms with Crippen LogP contribution in [0.2, 0.25) is 0 Å². The molecule has 0 saturated carbocycles. The minimum Gasteiger partial charge on any atom is -0.496 e. The smallest absolute Gasteiger partial charge is 0.123 e. The Hall–Kier alpha value is -1.17. The summed E-state index contributed by atoms with van der Waals surface area (Å²) in [6.45, 7) is 0.663. The van der Waals surface area contributed by atoms with Gasteiger partial charge in [0.25, 0.3) is 0 Å². The minimum atomic E-state index is -0.296. The van der Waals surface area contributed by atoms with E-state index in [-0.39, 0.29) is 11.9 Å². The Morgan fingerprint density at radius 2 is 2.19 bits per heavy atom. The predicted molar refractivity (Wildman–Crippen MR) is 61.6 cm³/mol. The fourth-order valence-electron chi connectivity index (χ4n) is 1.58. The number of methoxy groups -OCH3 is 1. The molecule has 4 nitrogen and oxygen atoms in total. The van der Waals surface area contributed by atoms with Crippen LogP contribution in [0.25, 0.3) is 0 Å². The van der Waals surface area contributed by atoms with Crippen molar-refractivity contribution in [2.45, 2.75) is 6.04 Å². The second-order valence-corrected chi connectivity index (χ2v) is 3.87. The largest absolute Gasteiger partial charge is 0.496 e. The normalized spacial score (nSPS) is 12.9. The molecule has 1 unspecified atom stereocenters. The molecule has 16 heavy (non-hydrogen) atoms.